The average molecular weight is 210 g/mol. The minimum atomic E-state index is 0.579. The summed E-state index contributed by atoms with van der Waals surface area (Å²) in [5, 5.41) is 3.67. The predicted octanol–water partition coefficient (Wildman–Crippen LogP) is 2.39. The van der Waals surface area contributed by atoms with Gasteiger partial charge in [-0.15, -0.1) is 0 Å². The highest BCUT2D eigenvalue weighted by molar-refractivity contribution is 5.03. The van der Waals surface area contributed by atoms with Crippen molar-refractivity contribution in [3.8, 4) is 0 Å². The largest absolute Gasteiger partial charge is 0.314 e. The van der Waals surface area contributed by atoms with Crippen molar-refractivity contribution in [3.63, 3.8) is 0 Å². The molecule has 1 aliphatic carbocycles. The number of piperidine rings is 1. The van der Waals surface area contributed by atoms with Crippen LogP contribution in [0.25, 0.3) is 0 Å². The minimum absolute atomic E-state index is 0.579. The maximum absolute atomic E-state index is 3.67. The van der Waals surface area contributed by atoms with Gasteiger partial charge in [-0.3, -0.25) is 4.90 Å². The zero-order chi connectivity index (χ0) is 10.9. The standard InChI is InChI=1S/C13H26N2/c1-4-8-14-12-5-9-15(11(2)10-12)13(3)6-7-13/h11-12,14H,4-10H2,1-3H3. The third kappa shape index (κ3) is 2.54. The van der Waals surface area contributed by atoms with Crippen molar-refractivity contribution in [2.45, 2.75) is 70.5 Å². The van der Waals surface area contributed by atoms with Crippen LogP contribution in [0.4, 0.5) is 0 Å². The molecular formula is C13H26N2. The molecule has 15 heavy (non-hydrogen) atoms. The minimum Gasteiger partial charge on any atom is -0.314 e. The quantitative estimate of drug-likeness (QED) is 0.766. The first-order valence-corrected chi connectivity index (χ1v) is 6.66. The Morgan fingerprint density at radius 2 is 2.13 bits per heavy atom. The van der Waals surface area contributed by atoms with Gasteiger partial charge in [-0.1, -0.05) is 6.92 Å². The van der Waals surface area contributed by atoms with Gasteiger partial charge in [-0.05, 0) is 52.5 Å². The summed E-state index contributed by atoms with van der Waals surface area (Å²) >= 11 is 0. The van der Waals surface area contributed by atoms with E-state index in [4.69, 9.17) is 0 Å². The van der Waals surface area contributed by atoms with E-state index in [9.17, 15) is 0 Å². The van der Waals surface area contributed by atoms with E-state index >= 15 is 0 Å². The number of likely N-dealkylation sites (tertiary alicyclic amines) is 1. The van der Waals surface area contributed by atoms with Crippen LogP contribution in [-0.4, -0.2) is 35.6 Å². The highest BCUT2D eigenvalue weighted by atomic mass is 15.3. The van der Waals surface area contributed by atoms with Crippen molar-refractivity contribution < 1.29 is 0 Å². The zero-order valence-corrected chi connectivity index (χ0v) is 10.6. The van der Waals surface area contributed by atoms with Crippen LogP contribution >= 0.6 is 0 Å². The molecular weight excluding hydrogens is 184 g/mol. The molecule has 0 aromatic heterocycles. The lowest BCUT2D eigenvalue weighted by Gasteiger charge is -2.42. The Labute approximate surface area is 94.4 Å². The number of nitrogens with one attached hydrogen (secondary N) is 1. The maximum atomic E-state index is 3.67. The maximum Gasteiger partial charge on any atom is 0.0185 e. The monoisotopic (exact) mass is 210 g/mol. The summed E-state index contributed by atoms with van der Waals surface area (Å²) in [6, 6.07) is 1.55. The fourth-order valence-electron chi connectivity index (χ4n) is 2.98. The van der Waals surface area contributed by atoms with Crippen molar-refractivity contribution in [2.24, 2.45) is 0 Å². The van der Waals surface area contributed by atoms with Gasteiger partial charge in [-0.25, -0.2) is 0 Å². The number of hydrogen-bond acceptors (Lipinski definition) is 2. The number of hydrogen-bond donors (Lipinski definition) is 1. The third-order valence-corrected chi connectivity index (χ3v) is 4.23. The smallest absolute Gasteiger partial charge is 0.0185 e. The van der Waals surface area contributed by atoms with Crippen LogP contribution in [0.3, 0.4) is 0 Å². The molecule has 0 spiro atoms. The van der Waals surface area contributed by atoms with E-state index in [2.05, 4.69) is 31.0 Å². The molecule has 1 heterocycles. The molecule has 0 radical (unpaired) electrons. The van der Waals surface area contributed by atoms with Crippen molar-refractivity contribution in [2.75, 3.05) is 13.1 Å². The van der Waals surface area contributed by atoms with E-state index in [-0.39, 0.29) is 0 Å². The summed E-state index contributed by atoms with van der Waals surface area (Å²) in [5.41, 5.74) is 0.579. The van der Waals surface area contributed by atoms with Crippen molar-refractivity contribution in [1.82, 2.24) is 10.2 Å². The summed E-state index contributed by atoms with van der Waals surface area (Å²) in [6.45, 7) is 9.58. The van der Waals surface area contributed by atoms with Crippen LogP contribution < -0.4 is 5.32 Å². The molecule has 2 unspecified atom stereocenters. The SMILES string of the molecule is CCCNC1CCN(C2(C)CC2)C(C)C1. The van der Waals surface area contributed by atoms with E-state index in [1.165, 1.54) is 45.2 Å². The van der Waals surface area contributed by atoms with Gasteiger partial charge < -0.3 is 5.32 Å². The summed E-state index contributed by atoms with van der Waals surface area (Å²) < 4.78 is 0. The van der Waals surface area contributed by atoms with E-state index in [1.807, 2.05) is 0 Å². The summed E-state index contributed by atoms with van der Waals surface area (Å²) in [5.74, 6) is 0. The molecule has 2 rings (SSSR count). The van der Waals surface area contributed by atoms with Gasteiger partial charge >= 0.3 is 0 Å². The Balaban J connectivity index is 1.81. The molecule has 1 N–H and O–H groups in total. The Morgan fingerprint density at radius 3 is 2.67 bits per heavy atom. The van der Waals surface area contributed by atoms with E-state index in [0.29, 0.717) is 5.54 Å². The topological polar surface area (TPSA) is 15.3 Å². The van der Waals surface area contributed by atoms with Gasteiger partial charge in [0.1, 0.15) is 0 Å². The lowest BCUT2D eigenvalue weighted by atomic mass is 9.96. The van der Waals surface area contributed by atoms with Crippen LogP contribution in [0, 0.1) is 0 Å². The van der Waals surface area contributed by atoms with Crippen LogP contribution in [0.2, 0.25) is 0 Å². The molecule has 2 atom stereocenters. The van der Waals surface area contributed by atoms with Gasteiger partial charge in [0, 0.05) is 24.2 Å². The molecule has 2 aliphatic rings. The second-order valence-electron chi connectivity index (χ2n) is 5.71. The van der Waals surface area contributed by atoms with Gasteiger partial charge in [0.25, 0.3) is 0 Å². The average Bonchev–Trinajstić information content (AvgIpc) is 2.94. The lowest BCUT2D eigenvalue weighted by molar-refractivity contribution is 0.0830. The molecule has 1 aliphatic heterocycles. The molecule has 0 bridgehead atoms. The predicted molar refractivity (Wildman–Crippen MR) is 65.1 cm³/mol. The van der Waals surface area contributed by atoms with Gasteiger partial charge in [0.15, 0.2) is 0 Å². The Hall–Kier alpha value is -0.0800. The molecule has 2 heteroatoms. The number of nitrogens with zero attached hydrogens (tertiary/aromatic N) is 1. The van der Waals surface area contributed by atoms with Crippen LogP contribution in [0.15, 0.2) is 0 Å². The normalized spacial score (nSPS) is 35.4. The molecule has 0 amide bonds. The summed E-state index contributed by atoms with van der Waals surface area (Å²) in [7, 11) is 0. The Morgan fingerprint density at radius 1 is 1.40 bits per heavy atom. The van der Waals surface area contributed by atoms with Crippen molar-refractivity contribution in [3.05, 3.63) is 0 Å². The lowest BCUT2D eigenvalue weighted by Crippen LogP contribution is -2.51. The molecule has 88 valence electrons. The van der Waals surface area contributed by atoms with Crippen LogP contribution in [0.5, 0.6) is 0 Å². The fourth-order valence-corrected chi connectivity index (χ4v) is 2.98. The Kier molecular flexibility index (Phi) is 3.36. The highest BCUT2D eigenvalue weighted by Gasteiger charge is 2.46. The molecule has 1 saturated heterocycles. The third-order valence-electron chi connectivity index (χ3n) is 4.23. The van der Waals surface area contributed by atoms with Crippen LogP contribution in [0.1, 0.15) is 52.9 Å². The van der Waals surface area contributed by atoms with Gasteiger partial charge in [0.05, 0.1) is 0 Å². The van der Waals surface area contributed by atoms with Crippen molar-refractivity contribution >= 4 is 0 Å². The van der Waals surface area contributed by atoms with Gasteiger partial charge in [0.2, 0.25) is 0 Å². The first-order chi connectivity index (χ1) is 7.15. The molecule has 2 fully saturated rings. The second kappa shape index (κ2) is 4.42. The first kappa shape index (κ1) is 11.4. The molecule has 2 nitrogen and oxygen atoms in total. The number of rotatable bonds is 4. The van der Waals surface area contributed by atoms with E-state index in [1.54, 1.807) is 0 Å². The second-order valence-corrected chi connectivity index (χ2v) is 5.71. The Bertz CT molecular complexity index is 211. The van der Waals surface area contributed by atoms with Crippen LogP contribution in [-0.2, 0) is 0 Å². The molecule has 0 aromatic carbocycles. The summed E-state index contributed by atoms with van der Waals surface area (Å²) in [4.78, 5) is 2.75. The zero-order valence-electron chi connectivity index (χ0n) is 10.6. The fraction of sp³-hybridized carbons (Fsp3) is 1.00. The van der Waals surface area contributed by atoms with E-state index in [0.717, 1.165) is 12.1 Å². The first-order valence-electron chi connectivity index (χ1n) is 6.66. The molecule has 1 saturated carbocycles. The van der Waals surface area contributed by atoms with Crippen molar-refractivity contribution in [1.29, 1.82) is 0 Å². The highest BCUT2D eigenvalue weighted by Crippen LogP contribution is 2.44. The summed E-state index contributed by atoms with van der Waals surface area (Å²) in [6.07, 6.45) is 6.79. The van der Waals surface area contributed by atoms with Gasteiger partial charge in [-0.2, -0.15) is 0 Å². The molecule has 0 aromatic rings. The van der Waals surface area contributed by atoms with E-state index < -0.39 is 0 Å².